The number of nitrogens with one attached hydrogen (secondary N) is 1. The second-order valence-electron chi connectivity index (χ2n) is 7.59. The zero-order chi connectivity index (χ0) is 23.4. The number of aromatic nitrogens is 2. The Balaban J connectivity index is 1.66. The summed E-state index contributed by atoms with van der Waals surface area (Å²) in [6.07, 6.45) is 0. The monoisotopic (exact) mass is 459 g/mol. The maximum absolute atomic E-state index is 13.4. The normalized spacial score (nSPS) is 10.9. The molecule has 0 fully saturated rings. The highest BCUT2D eigenvalue weighted by molar-refractivity contribution is 7.99. The molecule has 1 aromatic heterocycles. The lowest BCUT2D eigenvalue weighted by Gasteiger charge is -2.15. The molecule has 0 saturated carbocycles. The number of benzene rings is 3. The molecular weight excluding hydrogens is 434 g/mol. The number of anilines is 1. The smallest absolute Gasteiger partial charge is 0.266 e. The van der Waals surface area contributed by atoms with E-state index in [2.05, 4.69) is 5.32 Å². The van der Waals surface area contributed by atoms with Gasteiger partial charge in [0.05, 0.1) is 34.6 Å². The number of hydrogen-bond acceptors (Lipinski definition) is 5. The minimum absolute atomic E-state index is 0.0933. The number of rotatable bonds is 7. The van der Waals surface area contributed by atoms with Gasteiger partial charge in [-0.1, -0.05) is 42.1 Å². The molecule has 4 aromatic rings. The molecule has 168 valence electrons. The summed E-state index contributed by atoms with van der Waals surface area (Å²) in [7, 11) is 0. The van der Waals surface area contributed by atoms with E-state index >= 15 is 0 Å². The molecule has 0 aliphatic rings. The van der Waals surface area contributed by atoms with Crippen molar-refractivity contribution in [3.8, 4) is 11.4 Å². The van der Waals surface area contributed by atoms with Gasteiger partial charge in [0.15, 0.2) is 5.16 Å². The number of fused-ring (bicyclic) bond motifs is 1. The van der Waals surface area contributed by atoms with E-state index in [-0.39, 0.29) is 17.2 Å². The summed E-state index contributed by atoms with van der Waals surface area (Å²) in [6.45, 7) is 6.44. The molecule has 7 heteroatoms. The number of carbonyl (C=O) groups is 1. The zero-order valence-corrected chi connectivity index (χ0v) is 19.6. The van der Waals surface area contributed by atoms with Crippen LogP contribution in [0.15, 0.2) is 76.7 Å². The van der Waals surface area contributed by atoms with Crippen molar-refractivity contribution in [3.05, 3.63) is 88.2 Å². The van der Waals surface area contributed by atoms with E-state index in [0.29, 0.717) is 34.1 Å². The summed E-state index contributed by atoms with van der Waals surface area (Å²) < 4.78 is 7.17. The number of amides is 1. The van der Waals surface area contributed by atoms with Crippen LogP contribution in [-0.4, -0.2) is 27.8 Å². The van der Waals surface area contributed by atoms with E-state index in [1.54, 1.807) is 16.7 Å². The van der Waals surface area contributed by atoms with Crippen LogP contribution in [0.4, 0.5) is 5.69 Å². The highest BCUT2D eigenvalue weighted by Crippen LogP contribution is 2.26. The lowest BCUT2D eigenvalue weighted by Crippen LogP contribution is -2.23. The average Bonchev–Trinajstić information content (AvgIpc) is 2.81. The Hall–Kier alpha value is -3.58. The Morgan fingerprint density at radius 2 is 1.79 bits per heavy atom. The molecule has 6 nitrogen and oxygen atoms in total. The van der Waals surface area contributed by atoms with Gasteiger partial charge in [0, 0.05) is 0 Å². The van der Waals surface area contributed by atoms with Crippen molar-refractivity contribution in [2.45, 2.75) is 25.9 Å². The molecule has 0 aliphatic carbocycles. The number of para-hydroxylation sites is 3. The van der Waals surface area contributed by atoms with Gasteiger partial charge in [-0.15, -0.1) is 0 Å². The summed E-state index contributed by atoms with van der Waals surface area (Å²) in [6, 6.07) is 20.4. The first-order chi connectivity index (χ1) is 16.0. The van der Waals surface area contributed by atoms with Gasteiger partial charge >= 0.3 is 0 Å². The van der Waals surface area contributed by atoms with Gasteiger partial charge in [-0.05, 0) is 68.3 Å². The average molecular weight is 460 g/mol. The summed E-state index contributed by atoms with van der Waals surface area (Å²) in [5, 5.41) is 3.90. The second kappa shape index (κ2) is 9.92. The third kappa shape index (κ3) is 4.93. The van der Waals surface area contributed by atoms with Gasteiger partial charge < -0.3 is 10.1 Å². The van der Waals surface area contributed by atoms with Crippen LogP contribution < -0.4 is 15.6 Å². The van der Waals surface area contributed by atoms with Crippen molar-refractivity contribution in [3.63, 3.8) is 0 Å². The molecule has 0 unspecified atom stereocenters. The van der Waals surface area contributed by atoms with E-state index in [4.69, 9.17) is 9.72 Å². The summed E-state index contributed by atoms with van der Waals surface area (Å²) in [4.78, 5) is 30.8. The summed E-state index contributed by atoms with van der Waals surface area (Å²) in [5.41, 5.74) is 4.01. The van der Waals surface area contributed by atoms with Gasteiger partial charge in [0.1, 0.15) is 5.75 Å². The SMILES string of the molecule is CCOc1ccccc1NC(=O)CSc1nc2ccccc2c(=O)n1-c1ccc(C)c(C)c1. The first-order valence-electron chi connectivity index (χ1n) is 10.7. The van der Waals surface area contributed by atoms with Crippen molar-refractivity contribution in [2.75, 3.05) is 17.7 Å². The standard InChI is InChI=1S/C26H25N3O3S/c1-4-32-23-12-8-7-11-22(23)27-24(30)16-33-26-28-21-10-6-5-9-20(21)25(31)29(26)19-14-13-17(2)18(3)15-19/h5-15H,4,16H2,1-3H3,(H,27,30). The Bertz CT molecular complexity index is 1380. The number of thioether (sulfide) groups is 1. The van der Waals surface area contributed by atoms with Crippen LogP contribution in [0.2, 0.25) is 0 Å². The maximum Gasteiger partial charge on any atom is 0.266 e. The lowest BCUT2D eigenvalue weighted by molar-refractivity contribution is -0.113. The van der Waals surface area contributed by atoms with Crippen LogP contribution >= 0.6 is 11.8 Å². The van der Waals surface area contributed by atoms with Gasteiger partial charge in [-0.3, -0.25) is 14.2 Å². The van der Waals surface area contributed by atoms with Crippen LogP contribution in [0.1, 0.15) is 18.1 Å². The van der Waals surface area contributed by atoms with Crippen molar-refractivity contribution in [2.24, 2.45) is 0 Å². The van der Waals surface area contributed by atoms with E-state index in [9.17, 15) is 9.59 Å². The fourth-order valence-electron chi connectivity index (χ4n) is 3.47. The summed E-state index contributed by atoms with van der Waals surface area (Å²) >= 11 is 1.23. The fraction of sp³-hybridized carbons (Fsp3) is 0.192. The van der Waals surface area contributed by atoms with E-state index in [1.807, 2.05) is 75.4 Å². The van der Waals surface area contributed by atoms with E-state index in [0.717, 1.165) is 16.8 Å². The molecule has 0 radical (unpaired) electrons. The molecule has 0 aliphatic heterocycles. The molecule has 33 heavy (non-hydrogen) atoms. The Morgan fingerprint density at radius 3 is 2.58 bits per heavy atom. The first-order valence-corrected chi connectivity index (χ1v) is 11.7. The molecule has 0 atom stereocenters. The predicted octanol–water partition coefficient (Wildman–Crippen LogP) is 5.13. The van der Waals surface area contributed by atoms with Gasteiger partial charge in [0.25, 0.3) is 5.56 Å². The largest absolute Gasteiger partial charge is 0.492 e. The molecule has 0 saturated heterocycles. The van der Waals surface area contributed by atoms with Crippen LogP contribution in [0.5, 0.6) is 5.75 Å². The Labute approximate surface area is 196 Å². The summed E-state index contributed by atoms with van der Waals surface area (Å²) in [5.74, 6) is 0.506. The van der Waals surface area contributed by atoms with Crippen molar-refractivity contribution in [1.82, 2.24) is 9.55 Å². The second-order valence-corrected chi connectivity index (χ2v) is 8.53. The number of hydrogen-bond donors (Lipinski definition) is 1. The predicted molar refractivity (Wildman–Crippen MR) is 134 cm³/mol. The highest BCUT2D eigenvalue weighted by Gasteiger charge is 2.16. The highest BCUT2D eigenvalue weighted by atomic mass is 32.2. The van der Waals surface area contributed by atoms with Crippen molar-refractivity contribution in [1.29, 1.82) is 0 Å². The zero-order valence-electron chi connectivity index (χ0n) is 18.8. The Kier molecular flexibility index (Phi) is 6.79. The van der Waals surface area contributed by atoms with Crippen LogP contribution in [0.3, 0.4) is 0 Å². The first kappa shape index (κ1) is 22.6. The number of nitrogens with zero attached hydrogens (tertiary/aromatic N) is 2. The van der Waals surface area contributed by atoms with E-state index in [1.165, 1.54) is 11.8 Å². The third-order valence-corrected chi connectivity index (χ3v) is 6.23. The minimum Gasteiger partial charge on any atom is -0.492 e. The molecule has 1 N–H and O–H groups in total. The topological polar surface area (TPSA) is 73.2 Å². The number of carbonyl (C=O) groups excluding carboxylic acids is 1. The Morgan fingerprint density at radius 1 is 1.03 bits per heavy atom. The van der Waals surface area contributed by atoms with Gasteiger partial charge in [0.2, 0.25) is 5.91 Å². The molecule has 3 aromatic carbocycles. The molecule has 0 spiro atoms. The van der Waals surface area contributed by atoms with Crippen molar-refractivity contribution < 1.29 is 9.53 Å². The van der Waals surface area contributed by atoms with Crippen LogP contribution in [0.25, 0.3) is 16.6 Å². The van der Waals surface area contributed by atoms with Gasteiger partial charge in [-0.2, -0.15) is 0 Å². The number of aryl methyl sites for hydroxylation is 2. The van der Waals surface area contributed by atoms with Gasteiger partial charge in [-0.25, -0.2) is 4.98 Å². The third-order valence-electron chi connectivity index (χ3n) is 5.29. The van der Waals surface area contributed by atoms with Crippen molar-refractivity contribution >= 4 is 34.3 Å². The lowest BCUT2D eigenvalue weighted by atomic mass is 10.1. The minimum atomic E-state index is -0.207. The maximum atomic E-state index is 13.4. The van der Waals surface area contributed by atoms with Crippen LogP contribution in [0, 0.1) is 13.8 Å². The molecular formula is C26H25N3O3S. The fourth-order valence-corrected chi connectivity index (χ4v) is 4.28. The quantitative estimate of drug-likeness (QED) is 0.306. The molecule has 1 amide bonds. The molecule has 4 rings (SSSR count). The van der Waals surface area contributed by atoms with E-state index < -0.39 is 0 Å². The number of ether oxygens (including phenoxy) is 1. The van der Waals surface area contributed by atoms with Crippen LogP contribution in [-0.2, 0) is 4.79 Å². The molecule has 1 heterocycles. The molecule has 0 bridgehead atoms.